The van der Waals surface area contributed by atoms with Crippen molar-refractivity contribution in [2.24, 2.45) is 0 Å². The Balaban J connectivity index is 2.43. The Bertz CT molecular complexity index is 395. The van der Waals surface area contributed by atoms with Crippen LogP contribution in [0.1, 0.15) is 13.8 Å². The molecule has 4 nitrogen and oxygen atoms in total. The van der Waals surface area contributed by atoms with Gasteiger partial charge >= 0.3 is 5.97 Å². The Hall–Kier alpha value is -1.97. The van der Waals surface area contributed by atoms with E-state index in [2.05, 4.69) is 6.58 Å². The summed E-state index contributed by atoms with van der Waals surface area (Å²) in [6.45, 7) is 8.36. The average molecular weight is 250 g/mol. The van der Waals surface area contributed by atoms with Gasteiger partial charge in [0.15, 0.2) is 0 Å². The predicted octanol–water partition coefficient (Wildman–Crippen LogP) is 2.58. The van der Waals surface area contributed by atoms with Gasteiger partial charge in [0.25, 0.3) is 0 Å². The van der Waals surface area contributed by atoms with Crippen molar-refractivity contribution in [3.8, 4) is 11.5 Å². The van der Waals surface area contributed by atoms with Crippen LogP contribution in [0, 0.1) is 0 Å². The fraction of sp³-hybridized carbons (Fsp3) is 0.357. The third-order valence-electron chi connectivity index (χ3n) is 2.11. The second-order valence-corrected chi connectivity index (χ2v) is 3.52. The molecule has 0 aromatic heterocycles. The molecule has 0 spiro atoms. The van der Waals surface area contributed by atoms with Gasteiger partial charge in [0.05, 0.1) is 18.8 Å². The Kier molecular flexibility index (Phi) is 5.77. The highest BCUT2D eigenvalue weighted by atomic mass is 16.5. The van der Waals surface area contributed by atoms with Crippen LogP contribution in [-0.2, 0) is 9.53 Å². The van der Waals surface area contributed by atoms with Crippen molar-refractivity contribution in [3.63, 3.8) is 0 Å². The molecule has 0 amide bonds. The molecule has 0 aliphatic rings. The van der Waals surface area contributed by atoms with Crippen molar-refractivity contribution in [1.29, 1.82) is 0 Å². The first-order chi connectivity index (χ1) is 8.67. The van der Waals surface area contributed by atoms with E-state index in [1.807, 2.05) is 19.1 Å². The molecule has 1 aromatic carbocycles. The molecule has 0 bridgehead atoms. The van der Waals surface area contributed by atoms with Gasteiger partial charge in [0.2, 0.25) is 0 Å². The third kappa shape index (κ3) is 4.49. The highest BCUT2D eigenvalue weighted by Gasteiger charge is 2.08. The lowest BCUT2D eigenvalue weighted by Gasteiger charge is -2.09. The smallest absolute Gasteiger partial charge is 0.336 e. The first kappa shape index (κ1) is 14.1. The lowest BCUT2D eigenvalue weighted by atomic mass is 10.3. The van der Waals surface area contributed by atoms with Crippen molar-refractivity contribution < 1.29 is 19.0 Å². The molecule has 0 saturated carbocycles. The average Bonchev–Trinajstić information content (AvgIpc) is 2.38. The summed E-state index contributed by atoms with van der Waals surface area (Å²) in [5.41, 5.74) is 0.297. The lowest BCUT2D eigenvalue weighted by Crippen LogP contribution is -2.13. The van der Waals surface area contributed by atoms with Crippen LogP contribution in [-0.4, -0.2) is 25.8 Å². The highest BCUT2D eigenvalue weighted by molar-refractivity contribution is 5.88. The van der Waals surface area contributed by atoms with Crippen molar-refractivity contribution in [1.82, 2.24) is 0 Å². The summed E-state index contributed by atoms with van der Waals surface area (Å²) < 4.78 is 15.5. The molecule has 4 heteroatoms. The van der Waals surface area contributed by atoms with Crippen LogP contribution < -0.4 is 9.47 Å². The van der Waals surface area contributed by atoms with Gasteiger partial charge in [-0.25, -0.2) is 4.79 Å². The van der Waals surface area contributed by atoms with Gasteiger partial charge in [0, 0.05) is 0 Å². The van der Waals surface area contributed by atoms with Gasteiger partial charge in [-0.3, -0.25) is 0 Å². The van der Waals surface area contributed by atoms with E-state index in [4.69, 9.17) is 14.2 Å². The van der Waals surface area contributed by atoms with Gasteiger partial charge in [-0.1, -0.05) is 6.58 Å². The first-order valence-electron chi connectivity index (χ1n) is 5.88. The molecule has 0 aliphatic heterocycles. The quantitative estimate of drug-likeness (QED) is 0.551. The highest BCUT2D eigenvalue weighted by Crippen LogP contribution is 2.17. The molecule has 1 aromatic rings. The molecule has 0 heterocycles. The Morgan fingerprint density at radius 2 is 1.61 bits per heavy atom. The number of esters is 1. The second-order valence-electron chi connectivity index (χ2n) is 3.52. The summed E-state index contributed by atoms with van der Waals surface area (Å²) in [6, 6.07) is 7.19. The molecule has 18 heavy (non-hydrogen) atoms. The first-order valence-corrected chi connectivity index (χ1v) is 5.88. The number of ether oxygens (including phenoxy) is 3. The Morgan fingerprint density at radius 3 is 2.11 bits per heavy atom. The third-order valence-corrected chi connectivity index (χ3v) is 2.11. The number of hydrogen-bond donors (Lipinski definition) is 0. The summed E-state index contributed by atoms with van der Waals surface area (Å²) in [6.07, 6.45) is 0. The maximum atomic E-state index is 11.3. The fourth-order valence-electron chi connectivity index (χ4n) is 1.26. The van der Waals surface area contributed by atoms with Crippen LogP contribution in [0.3, 0.4) is 0 Å². The second kappa shape index (κ2) is 7.37. The van der Waals surface area contributed by atoms with E-state index in [0.29, 0.717) is 24.5 Å². The Labute approximate surface area is 107 Å². The standard InChI is InChI=1S/C14H18O4/c1-4-16-12-6-8-13(9-7-12)18-10-11(3)14(15)17-5-2/h6-9H,3-5,10H2,1-2H3. The molecule has 0 radical (unpaired) electrons. The van der Waals surface area contributed by atoms with Crippen LogP contribution in [0.25, 0.3) is 0 Å². The van der Waals surface area contributed by atoms with Crippen molar-refractivity contribution in [3.05, 3.63) is 36.4 Å². The molecular formula is C14H18O4. The van der Waals surface area contributed by atoms with E-state index in [1.165, 1.54) is 0 Å². The van der Waals surface area contributed by atoms with Crippen molar-refractivity contribution in [2.75, 3.05) is 19.8 Å². The van der Waals surface area contributed by atoms with Crippen LogP contribution in [0.15, 0.2) is 36.4 Å². The summed E-state index contributed by atoms with van der Waals surface area (Å²) in [5.74, 6) is 1.02. The number of carbonyl (C=O) groups is 1. The molecule has 0 fully saturated rings. The fourth-order valence-corrected chi connectivity index (χ4v) is 1.26. The van der Waals surface area contributed by atoms with Crippen LogP contribution in [0.5, 0.6) is 11.5 Å². The number of hydrogen-bond acceptors (Lipinski definition) is 4. The lowest BCUT2D eigenvalue weighted by molar-refractivity contribution is -0.138. The zero-order chi connectivity index (χ0) is 13.4. The molecule has 0 N–H and O–H groups in total. The summed E-state index contributed by atoms with van der Waals surface area (Å²) in [5, 5.41) is 0. The van der Waals surface area contributed by atoms with E-state index in [9.17, 15) is 4.79 Å². The zero-order valence-electron chi connectivity index (χ0n) is 10.8. The van der Waals surface area contributed by atoms with Crippen LogP contribution in [0.2, 0.25) is 0 Å². The van der Waals surface area contributed by atoms with Crippen molar-refractivity contribution in [2.45, 2.75) is 13.8 Å². The summed E-state index contributed by atoms with van der Waals surface area (Å²) in [7, 11) is 0. The number of rotatable bonds is 7. The van der Waals surface area contributed by atoms with Crippen LogP contribution >= 0.6 is 0 Å². The molecule has 98 valence electrons. The van der Waals surface area contributed by atoms with Gasteiger partial charge in [-0.05, 0) is 38.1 Å². The van der Waals surface area contributed by atoms with Gasteiger partial charge < -0.3 is 14.2 Å². The van der Waals surface area contributed by atoms with E-state index in [0.717, 1.165) is 5.75 Å². The molecule has 0 saturated heterocycles. The predicted molar refractivity (Wildman–Crippen MR) is 68.9 cm³/mol. The van der Waals surface area contributed by atoms with E-state index >= 15 is 0 Å². The van der Waals surface area contributed by atoms with E-state index in [1.54, 1.807) is 19.1 Å². The minimum atomic E-state index is -0.427. The van der Waals surface area contributed by atoms with E-state index in [-0.39, 0.29) is 6.61 Å². The summed E-state index contributed by atoms with van der Waals surface area (Å²) >= 11 is 0. The SMILES string of the molecule is C=C(COc1ccc(OCC)cc1)C(=O)OCC. The monoisotopic (exact) mass is 250 g/mol. The number of carbonyl (C=O) groups excluding carboxylic acids is 1. The minimum Gasteiger partial charge on any atom is -0.494 e. The largest absolute Gasteiger partial charge is 0.494 e. The normalized spacial score (nSPS) is 9.67. The Morgan fingerprint density at radius 1 is 1.06 bits per heavy atom. The number of benzene rings is 1. The van der Waals surface area contributed by atoms with Gasteiger partial charge in [-0.2, -0.15) is 0 Å². The molecule has 0 aliphatic carbocycles. The topological polar surface area (TPSA) is 44.8 Å². The minimum absolute atomic E-state index is 0.118. The molecule has 0 atom stereocenters. The maximum Gasteiger partial charge on any atom is 0.336 e. The molecule has 1 rings (SSSR count). The van der Waals surface area contributed by atoms with Crippen molar-refractivity contribution >= 4 is 5.97 Å². The maximum absolute atomic E-state index is 11.3. The van der Waals surface area contributed by atoms with Gasteiger partial charge in [0.1, 0.15) is 18.1 Å². The van der Waals surface area contributed by atoms with E-state index < -0.39 is 5.97 Å². The molecule has 0 unspecified atom stereocenters. The summed E-state index contributed by atoms with van der Waals surface area (Å²) in [4.78, 5) is 11.3. The van der Waals surface area contributed by atoms with Crippen LogP contribution in [0.4, 0.5) is 0 Å². The molecular weight excluding hydrogens is 232 g/mol. The van der Waals surface area contributed by atoms with Gasteiger partial charge in [-0.15, -0.1) is 0 Å². The zero-order valence-corrected chi connectivity index (χ0v) is 10.8.